The lowest BCUT2D eigenvalue weighted by Crippen LogP contribution is -1.99. The van der Waals surface area contributed by atoms with Gasteiger partial charge in [0.05, 0.1) is 19.4 Å². The summed E-state index contributed by atoms with van der Waals surface area (Å²) in [6.45, 7) is 2.09. The van der Waals surface area contributed by atoms with Gasteiger partial charge >= 0.3 is 0 Å². The molecule has 0 saturated carbocycles. The highest BCUT2D eigenvalue weighted by Gasteiger charge is 2.09. The number of nitrogens with zero attached hydrogens (tertiary/aromatic N) is 2. The molecular weight excluding hydrogens is 318 g/mol. The molecule has 0 unspecified atom stereocenters. The third-order valence-electron chi connectivity index (χ3n) is 4.23. The fourth-order valence-electron chi connectivity index (χ4n) is 2.75. The number of H-pyrrole nitrogens is 1. The van der Waals surface area contributed by atoms with Crippen molar-refractivity contribution in [2.24, 2.45) is 4.99 Å². The normalized spacial score (nSPS) is 11.5. The van der Waals surface area contributed by atoms with Gasteiger partial charge in [-0.15, -0.1) is 0 Å². The van der Waals surface area contributed by atoms with Crippen LogP contribution in [0.25, 0.3) is 10.9 Å². The first kappa shape index (κ1) is 17.0. The number of aryl methyl sites for hydroxylation is 1. The molecule has 0 atom stereocenters. The topological polar surface area (TPSA) is 90.7 Å². The number of aliphatic hydroxyl groups excluding tert-OH is 1. The average molecular weight is 339 g/mol. The number of methoxy groups -OCH3 is 1. The minimum Gasteiger partial charge on any atom is -0.505 e. The number of aromatic amines is 1. The highest BCUT2D eigenvalue weighted by atomic mass is 16.5. The Balaban J connectivity index is 1.75. The Morgan fingerprint density at radius 2 is 2.16 bits per heavy atom. The van der Waals surface area contributed by atoms with Crippen LogP contribution in [0.4, 0.5) is 0 Å². The van der Waals surface area contributed by atoms with E-state index in [4.69, 9.17) is 4.74 Å². The zero-order valence-electron chi connectivity index (χ0n) is 14.3. The number of benzene rings is 1. The molecule has 0 bridgehead atoms. The summed E-state index contributed by atoms with van der Waals surface area (Å²) in [4.78, 5) is 11.7. The maximum Gasteiger partial charge on any atom is 0.145 e. The molecule has 0 amide bonds. The van der Waals surface area contributed by atoms with Crippen molar-refractivity contribution in [1.29, 1.82) is 0 Å². The van der Waals surface area contributed by atoms with Crippen molar-refractivity contribution < 1.29 is 14.9 Å². The average Bonchev–Trinajstić information content (AvgIpc) is 3.04. The maximum atomic E-state index is 10.1. The molecule has 1 aromatic carbocycles. The van der Waals surface area contributed by atoms with Crippen LogP contribution in [-0.4, -0.2) is 40.1 Å². The minimum atomic E-state index is -0.190. The lowest BCUT2D eigenvalue weighted by molar-refractivity contribution is 0.280. The van der Waals surface area contributed by atoms with Crippen molar-refractivity contribution in [2.45, 2.75) is 20.0 Å². The number of aliphatic hydroxyl groups is 1. The second-order valence-corrected chi connectivity index (χ2v) is 5.80. The number of fused-ring (bicyclic) bond motifs is 1. The standard InChI is InChI=1S/C19H21N3O3/c1-12-19(24)17(14(11-23)9-21-12)10-20-6-5-13-8-22-18-4-3-15(25-2)7-16(13)18/h3-4,7-10,22-24H,5-6,11H2,1-2H3. The first-order valence-corrected chi connectivity index (χ1v) is 8.06. The van der Waals surface area contributed by atoms with Gasteiger partial charge in [0.2, 0.25) is 0 Å². The van der Waals surface area contributed by atoms with Gasteiger partial charge in [-0.25, -0.2) is 0 Å². The van der Waals surface area contributed by atoms with Gasteiger partial charge < -0.3 is 19.9 Å². The molecule has 6 heteroatoms. The number of pyridine rings is 1. The summed E-state index contributed by atoms with van der Waals surface area (Å²) in [6, 6.07) is 5.92. The molecule has 0 aliphatic rings. The summed E-state index contributed by atoms with van der Waals surface area (Å²) in [5.74, 6) is 0.883. The molecule has 0 aliphatic carbocycles. The molecule has 0 fully saturated rings. The highest BCUT2D eigenvalue weighted by molar-refractivity contribution is 5.86. The van der Waals surface area contributed by atoms with E-state index < -0.39 is 0 Å². The fraction of sp³-hybridized carbons (Fsp3) is 0.263. The van der Waals surface area contributed by atoms with Crippen LogP contribution in [0.3, 0.4) is 0 Å². The molecule has 130 valence electrons. The zero-order chi connectivity index (χ0) is 17.8. The van der Waals surface area contributed by atoms with E-state index >= 15 is 0 Å². The summed E-state index contributed by atoms with van der Waals surface area (Å²) < 4.78 is 5.28. The number of hydrogen-bond acceptors (Lipinski definition) is 5. The van der Waals surface area contributed by atoms with Gasteiger partial charge in [0.15, 0.2) is 0 Å². The van der Waals surface area contributed by atoms with E-state index in [9.17, 15) is 10.2 Å². The van der Waals surface area contributed by atoms with Crippen LogP contribution < -0.4 is 4.74 Å². The van der Waals surface area contributed by atoms with E-state index in [1.54, 1.807) is 26.4 Å². The molecule has 0 spiro atoms. The van der Waals surface area contributed by atoms with Crippen molar-refractivity contribution in [2.75, 3.05) is 13.7 Å². The number of hydrogen-bond donors (Lipinski definition) is 3. The van der Waals surface area contributed by atoms with Gasteiger partial charge in [-0.1, -0.05) is 0 Å². The van der Waals surface area contributed by atoms with Crippen LogP contribution in [0.2, 0.25) is 0 Å². The third-order valence-corrected chi connectivity index (χ3v) is 4.23. The summed E-state index contributed by atoms with van der Waals surface area (Å²) in [5, 5.41) is 20.6. The molecule has 6 nitrogen and oxygen atoms in total. The molecule has 25 heavy (non-hydrogen) atoms. The largest absolute Gasteiger partial charge is 0.505 e. The van der Waals surface area contributed by atoms with Crippen LogP contribution in [0.1, 0.15) is 22.4 Å². The van der Waals surface area contributed by atoms with Crippen LogP contribution >= 0.6 is 0 Å². The van der Waals surface area contributed by atoms with Crippen molar-refractivity contribution in [1.82, 2.24) is 9.97 Å². The van der Waals surface area contributed by atoms with Crippen LogP contribution in [0.15, 0.2) is 35.6 Å². The van der Waals surface area contributed by atoms with Crippen molar-refractivity contribution in [3.63, 3.8) is 0 Å². The number of aromatic hydroxyl groups is 1. The van der Waals surface area contributed by atoms with Crippen molar-refractivity contribution >= 4 is 17.1 Å². The minimum absolute atomic E-state index is 0.0622. The lowest BCUT2D eigenvalue weighted by Gasteiger charge is -2.07. The lowest BCUT2D eigenvalue weighted by atomic mass is 10.1. The number of nitrogens with one attached hydrogen (secondary N) is 1. The SMILES string of the molecule is COc1ccc2[nH]cc(CCN=Cc3c(CO)cnc(C)c3O)c2c1. The molecule has 0 saturated heterocycles. The smallest absolute Gasteiger partial charge is 0.145 e. The quantitative estimate of drug-likeness (QED) is 0.602. The van der Waals surface area contributed by atoms with Gasteiger partial charge in [0.1, 0.15) is 11.5 Å². The first-order valence-electron chi connectivity index (χ1n) is 8.06. The number of aromatic nitrogens is 2. The Morgan fingerprint density at radius 3 is 2.92 bits per heavy atom. The van der Waals surface area contributed by atoms with Crippen LogP contribution in [-0.2, 0) is 13.0 Å². The molecule has 0 radical (unpaired) electrons. The molecule has 2 heterocycles. The fourth-order valence-corrected chi connectivity index (χ4v) is 2.75. The first-order chi connectivity index (χ1) is 12.1. The second-order valence-electron chi connectivity index (χ2n) is 5.80. The summed E-state index contributed by atoms with van der Waals surface area (Å²) >= 11 is 0. The van der Waals surface area contributed by atoms with Crippen molar-refractivity contribution in [3.8, 4) is 11.5 Å². The summed E-state index contributed by atoms with van der Waals surface area (Å²) in [6.07, 6.45) is 5.89. The molecule has 3 N–H and O–H groups in total. The molecule has 3 aromatic rings. The van der Waals surface area contributed by atoms with Crippen LogP contribution in [0.5, 0.6) is 11.5 Å². The summed E-state index contributed by atoms with van der Waals surface area (Å²) in [7, 11) is 1.65. The summed E-state index contributed by atoms with van der Waals surface area (Å²) in [5.41, 5.74) is 3.81. The molecular formula is C19H21N3O3. The Hall–Kier alpha value is -2.86. The number of aliphatic imine (C=N–C) groups is 1. The number of rotatable bonds is 6. The molecule has 3 rings (SSSR count). The van der Waals surface area contributed by atoms with Gasteiger partial charge in [0.25, 0.3) is 0 Å². The molecule has 0 aliphatic heterocycles. The number of ether oxygens (including phenoxy) is 1. The van der Waals surface area contributed by atoms with Gasteiger partial charge in [0, 0.05) is 47.2 Å². The Labute approximate surface area is 145 Å². The van der Waals surface area contributed by atoms with E-state index in [1.165, 1.54) is 0 Å². The predicted octanol–water partition coefficient (Wildman–Crippen LogP) is 2.74. The van der Waals surface area contributed by atoms with E-state index in [-0.39, 0.29) is 12.4 Å². The van der Waals surface area contributed by atoms with Gasteiger partial charge in [-0.3, -0.25) is 9.98 Å². The third kappa shape index (κ3) is 3.49. The van der Waals surface area contributed by atoms with Gasteiger partial charge in [-0.05, 0) is 37.1 Å². The monoisotopic (exact) mass is 339 g/mol. The second kappa shape index (κ2) is 7.36. The zero-order valence-corrected chi connectivity index (χ0v) is 14.3. The Bertz CT molecular complexity index is 916. The van der Waals surface area contributed by atoms with Crippen LogP contribution in [0, 0.1) is 6.92 Å². The Kier molecular flexibility index (Phi) is 5.00. The predicted molar refractivity (Wildman–Crippen MR) is 97.6 cm³/mol. The van der Waals surface area contributed by atoms with Gasteiger partial charge in [-0.2, -0.15) is 0 Å². The van der Waals surface area contributed by atoms with Crippen molar-refractivity contribution in [3.05, 3.63) is 53.0 Å². The van der Waals surface area contributed by atoms with E-state index in [0.717, 1.165) is 28.6 Å². The molecule has 2 aromatic heterocycles. The van der Waals surface area contributed by atoms with E-state index in [2.05, 4.69) is 15.0 Å². The maximum absolute atomic E-state index is 10.1. The highest BCUT2D eigenvalue weighted by Crippen LogP contribution is 2.24. The van der Waals surface area contributed by atoms with E-state index in [1.807, 2.05) is 24.4 Å². The Morgan fingerprint density at radius 1 is 1.32 bits per heavy atom. The van der Waals surface area contributed by atoms with E-state index in [0.29, 0.717) is 23.4 Å².